The lowest BCUT2D eigenvalue weighted by atomic mass is 10.1. The number of para-hydroxylation sites is 1. The van der Waals surface area contributed by atoms with Crippen LogP contribution in [0, 0.1) is 0 Å². The van der Waals surface area contributed by atoms with Crippen LogP contribution in [0.4, 0.5) is 0 Å². The maximum atomic E-state index is 12.2. The summed E-state index contributed by atoms with van der Waals surface area (Å²) >= 11 is 0. The Balaban J connectivity index is 1.61. The Bertz CT molecular complexity index is 1260. The minimum absolute atomic E-state index is 0.313. The summed E-state index contributed by atoms with van der Waals surface area (Å²) in [6.07, 6.45) is 1.78. The maximum Gasteiger partial charge on any atom is 0.363 e. The second-order valence-corrected chi connectivity index (χ2v) is 6.55. The average molecular weight is 352 g/mol. The molecule has 2 heterocycles. The fourth-order valence-electron chi connectivity index (χ4n) is 3.55. The van der Waals surface area contributed by atoms with Crippen molar-refractivity contribution in [2.75, 3.05) is 0 Å². The number of cyclic esters (lactones) is 1. The molecule has 0 saturated carbocycles. The second-order valence-electron chi connectivity index (χ2n) is 6.55. The summed E-state index contributed by atoms with van der Waals surface area (Å²) in [5.74, 6) is -0.0787. The van der Waals surface area contributed by atoms with Crippen LogP contribution in [-0.4, -0.2) is 16.4 Å². The average Bonchev–Trinajstić information content (AvgIpc) is 3.21. The van der Waals surface area contributed by atoms with Gasteiger partial charge in [0, 0.05) is 34.4 Å². The maximum absolute atomic E-state index is 12.2. The summed E-state index contributed by atoms with van der Waals surface area (Å²) in [4.78, 5) is 16.6. The molecule has 1 aromatic heterocycles. The van der Waals surface area contributed by atoms with E-state index >= 15 is 0 Å². The van der Waals surface area contributed by atoms with Crippen LogP contribution in [0.25, 0.3) is 27.9 Å². The molecule has 4 heteroatoms. The number of rotatable bonds is 2. The molecule has 4 aromatic rings. The van der Waals surface area contributed by atoms with Crippen molar-refractivity contribution in [3.05, 3.63) is 89.6 Å². The summed E-state index contributed by atoms with van der Waals surface area (Å²) in [7, 11) is 2.06. The standard InChI is InChI=1S/C23H16N2O2/c1-25-20-10-6-5-9-17(20)18-13-15(11-12-21(18)25)14-19-23(26)27-22(24-19)16-7-3-2-4-8-16/h2-14H,1H3. The predicted molar refractivity (Wildman–Crippen MR) is 107 cm³/mol. The Labute approximate surface area is 156 Å². The van der Waals surface area contributed by atoms with Gasteiger partial charge in [0.1, 0.15) is 0 Å². The summed E-state index contributed by atoms with van der Waals surface area (Å²) < 4.78 is 7.51. The fourth-order valence-corrected chi connectivity index (χ4v) is 3.55. The molecule has 0 spiro atoms. The van der Waals surface area contributed by atoms with Crippen molar-refractivity contribution in [2.24, 2.45) is 12.0 Å². The third kappa shape index (κ3) is 2.54. The van der Waals surface area contributed by atoms with Gasteiger partial charge in [-0.25, -0.2) is 9.79 Å². The van der Waals surface area contributed by atoms with Gasteiger partial charge in [0.05, 0.1) is 0 Å². The van der Waals surface area contributed by atoms with Gasteiger partial charge in [-0.3, -0.25) is 0 Å². The van der Waals surface area contributed by atoms with E-state index in [0.717, 1.165) is 22.0 Å². The van der Waals surface area contributed by atoms with E-state index < -0.39 is 5.97 Å². The molecular weight excluding hydrogens is 336 g/mol. The normalized spacial score (nSPS) is 15.5. The molecular formula is C23H16N2O2. The smallest absolute Gasteiger partial charge is 0.363 e. The third-order valence-corrected chi connectivity index (χ3v) is 4.88. The van der Waals surface area contributed by atoms with Crippen molar-refractivity contribution >= 4 is 39.7 Å². The first kappa shape index (κ1) is 15.6. The van der Waals surface area contributed by atoms with E-state index in [-0.39, 0.29) is 0 Å². The highest BCUT2D eigenvalue weighted by Gasteiger charge is 2.24. The number of nitrogens with zero attached hydrogens (tertiary/aromatic N) is 2. The number of ether oxygens (including phenoxy) is 1. The number of aryl methyl sites for hydroxylation is 1. The van der Waals surface area contributed by atoms with Crippen molar-refractivity contribution in [1.29, 1.82) is 0 Å². The SMILES string of the molecule is Cn1c2ccccc2c2cc(C=C3N=C(c4ccccc4)OC3=O)ccc21. The number of hydrogen-bond acceptors (Lipinski definition) is 3. The Morgan fingerprint density at radius 1 is 0.889 bits per heavy atom. The molecule has 5 rings (SSSR count). The number of carbonyl (C=O) groups excluding carboxylic acids is 1. The zero-order valence-electron chi connectivity index (χ0n) is 14.7. The predicted octanol–water partition coefficient (Wildman–Crippen LogP) is 4.68. The van der Waals surface area contributed by atoms with E-state index in [1.807, 2.05) is 48.5 Å². The molecule has 3 aromatic carbocycles. The summed E-state index contributed by atoms with van der Waals surface area (Å²) in [6.45, 7) is 0. The van der Waals surface area contributed by atoms with Gasteiger partial charge in [-0.05, 0) is 42.0 Å². The van der Waals surface area contributed by atoms with Gasteiger partial charge in [0.2, 0.25) is 5.90 Å². The van der Waals surface area contributed by atoms with Gasteiger partial charge >= 0.3 is 5.97 Å². The van der Waals surface area contributed by atoms with E-state index in [1.54, 1.807) is 6.08 Å². The van der Waals surface area contributed by atoms with Gasteiger partial charge in [-0.1, -0.05) is 42.5 Å². The highest BCUT2D eigenvalue weighted by Crippen LogP contribution is 2.29. The molecule has 1 aliphatic heterocycles. The second kappa shape index (κ2) is 5.95. The van der Waals surface area contributed by atoms with Crippen LogP contribution in [0.3, 0.4) is 0 Å². The number of hydrogen-bond donors (Lipinski definition) is 0. The highest BCUT2D eigenvalue weighted by atomic mass is 16.6. The molecule has 27 heavy (non-hydrogen) atoms. The topological polar surface area (TPSA) is 43.6 Å². The minimum atomic E-state index is -0.424. The Hall–Kier alpha value is -3.66. The fraction of sp³-hybridized carbons (Fsp3) is 0.0435. The third-order valence-electron chi connectivity index (χ3n) is 4.88. The van der Waals surface area contributed by atoms with Crippen LogP contribution in [0.1, 0.15) is 11.1 Å². The van der Waals surface area contributed by atoms with Crippen molar-refractivity contribution in [3.63, 3.8) is 0 Å². The van der Waals surface area contributed by atoms with Crippen molar-refractivity contribution in [1.82, 2.24) is 4.57 Å². The first-order valence-electron chi connectivity index (χ1n) is 8.76. The summed E-state index contributed by atoms with van der Waals surface area (Å²) in [6, 6.07) is 23.9. The van der Waals surface area contributed by atoms with Crippen LogP contribution in [-0.2, 0) is 16.6 Å². The van der Waals surface area contributed by atoms with E-state index in [0.29, 0.717) is 11.6 Å². The molecule has 0 atom stereocenters. The van der Waals surface area contributed by atoms with Crippen LogP contribution < -0.4 is 0 Å². The Morgan fingerprint density at radius 3 is 2.48 bits per heavy atom. The van der Waals surface area contributed by atoms with Crippen molar-refractivity contribution in [2.45, 2.75) is 0 Å². The molecule has 4 nitrogen and oxygen atoms in total. The molecule has 130 valence electrons. The molecule has 0 fully saturated rings. The lowest BCUT2D eigenvalue weighted by Crippen LogP contribution is -2.04. The number of fused-ring (bicyclic) bond motifs is 3. The number of aliphatic imine (C=N–C) groups is 1. The van der Waals surface area contributed by atoms with Gasteiger partial charge in [-0.2, -0.15) is 0 Å². The zero-order valence-corrected chi connectivity index (χ0v) is 14.7. The minimum Gasteiger partial charge on any atom is -0.402 e. The van der Waals surface area contributed by atoms with E-state index in [2.05, 4.69) is 40.9 Å². The van der Waals surface area contributed by atoms with E-state index in [4.69, 9.17) is 4.74 Å². The molecule has 1 aliphatic rings. The zero-order chi connectivity index (χ0) is 18.4. The molecule has 0 aliphatic carbocycles. The quantitative estimate of drug-likeness (QED) is 0.388. The molecule has 0 bridgehead atoms. The molecule has 0 unspecified atom stereocenters. The van der Waals surface area contributed by atoms with Crippen LogP contribution >= 0.6 is 0 Å². The number of benzene rings is 3. The van der Waals surface area contributed by atoms with E-state index in [9.17, 15) is 4.79 Å². The molecule has 0 saturated heterocycles. The number of carbonyl (C=O) groups is 1. The molecule has 0 radical (unpaired) electrons. The number of esters is 1. The lowest BCUT2D eigenvalue weighted by Gasteiger charge is -1.99. The Kier molecular flexibility index (Phi) is 3.44. The van der Waals surface area contributed by atoms with Crippen molar-refractivity contribution in [3.8, 4) is 0 Å². The highest BCUT2D eigenvalue weighted by molar-refractivity contribution is 6.13. The largest absolute Gasteiger partial charge is 0.402 e. The van der Waals surface area contributed by atoms with E-state index in [1.165, 1.54) is 10.9 Å². The molecule has 0 N–H and O–H groups in total. The molecule has 0 amide bonds. The Morgan fingerprint density at radius 2 is 1.63 bits per heavy atom. The van der Waals surface area contributed by atoms with Gasteiger partial charge < -0.3 is 9.30 Å². The van der Waals surface area contributed by atoms with Crippen LogP contribution in [0.5, 0.6) is 0 Å². The van der Waals surface area contributed by atoms with Crippen LogP contribution in [0.15, 0.2) is 83.5 Å². The van der Waals surface area contributed by atoms with Gasteiger partial charge in [0.25, 0.3) is 0 Å². The first-order chi connectivity index (χ1) is 13.2. The van der Waals surface area contributed by atoms with Gasteiger partial charge in [-0.15, -0.1) is 0 Å². The summed E-state index contributed by atoms with van der Waals surface area (Å²) in [5.41, 5.74) is 4.36. The van der Waals surface area contributed by atoms with Crippen LogP contribution in [0.2, 0.25) is 0 Å². The monoisotopic (exact) mass is 352 g/mol. The number of aromatic nitrogens is 1. The lowest BCUT2D eigenvalue weighted by molar-refractivity contribution is -0.129. The summed E-state index contributed by atoms with van der Waals surface area (Å²) in [5, 5.41) is 2.35. The first-order valence-corrected chi connectivity index (χ1v) is 8.76. The van der Waals surface area contributed by atoms with Crippen molar-refractivity contribution < 1.29 is 9.53 Å². The van der Waals surface area contributed by atoms with Gasteiger partial charge in [0.15, 0.2) is 5.70 Å².